The van der Waals surface area contributed by atoms with E-state index in [0.29, 0.717) is 18.5 Å². The number of thiazole rings is 1. The van der Waals surface area contributed by atoms with Gasteiger partial charge in [-0.3, -0.25) is 9.59 Å². The highest BCUT2D eigenvalue weighted by molar-refractivity contribution is 7.13. The lowest BCUT2D eigenvalue weighted by Crippen LogP contribution is -2.36. The molecule has 2 rings (SSSR count). The van der Waals surface area contributed by atoms with Crippen molar-refractivity contribution >= 4 is 23.2 Å². The Morgan fingerprint density at radius 3 is 2.73 bits per heavy atom. The van der Waals surface area contributed by atoms with E-state index in [1.54, 1.807) is 18.2 Å². The summed E-state index contributed by atoms with van der Waals surface area (Å²) in [7, 11) is 0. The van der Waals surface area contributed by atoms with Gasteiger partial charge in [0.25, 0.3) is 5.91 Å². The smallest absolute Gasteiger partial charge is 0.323 e. The summed E-state index contributed by atoms with van der Waals surface area (Å²) in [5, 5.41) is 11.7. The topological polar surface area (TPSA) is 70.5 Å². The van der Waals surface area contributed by atoms with Crippen LogP contribution in [0.5, 0.6) is 0 Å². The number of carboxylic acids is 1. The van der Waals surface area contributed by atoms with Crippen LogP contribution in [0, 0.1) is 6.92 Å². The predicted molar refractivity (Wildman–Crippen MR) is 86.1 cm³/mol. The number of nitrogens with zero attached hydrogens (tertiary/aromatic N) is 2. The van der Waals surface area contributed by atoms with Crippen molar-refractivity contribution in [3.63, 3.8) is 0 Å². The number of hydrogen-bond acceptors (Lipinski definition) is 4. The van der Waals surface area contributed by atoms with Crippen LogP contribution < -0.4 is 0 Å². The molecule has 0 saturated heterocycles. The van der Waals surface area contributed by atoms with Gasteiger partial charge in [0.1, 0.15) is 11.6 Å². The van der Waals surface area contributed by atoms with E-state index in [9.17, 15) is 9.59 Å². The molecule has 2 aromatic rings. The van der Waals surface area contributed by atoms with Gasteiger partial charge in [-0.15, -0.1) is 11.3 Å². The van der Waals surface area contributed by atoms with E-state index in [4.69, 9.17) is 5.11 Å². The summed E-state index contributed by atoms with van der Waals surface area (Å²) < 4.78 is 0. The second-order valence-electron chi connectivity index (χ2n) is 5.00. The fourth-order valence-electron chi connectivity index (χ4n) is 2.14. The Labute approximate surface area is 133 Å². The zero-order chi connectivity index (χ0) is 16.1. The van der Waals surface area contributed by atoms with Gasteiger partial charge in [-0.25, -0.2) is 4.98 Å². The van der Waals surface area contributed by atoms with Gasteiger partial charge in [0.2, 0.25) is 0 Å². The van der Waals surface area contributed by atoms with Gasteiger partial charge < -0.3 is 10.0 Å². The van der Waals surface area contributed by atoms with E-state index in [1.165, 1.54) is 16.2 Å². The fraction of sp³-hybridized carbons (Fsp3) is 0.312. The van der Waals surface area contributed by atoms with Crippen molar-refractivity contribution in [1.82, 2.24) is 9.88 Å². The molecule has 0 aliphatic rings. The molecule has 6 heteroatoms. The molecule has 0 atom stereocenters. The van der Waals surface area contributed by atoms with Gasteiger partial charge in [0, 0.05) is 28.7 Å². The maximum Gasteiger partial charge on any atom is 0.323 e. The summed E-state index contributed by atoms with van der Waals surface area (Å²) in [6, 6.07) is 7.17. The van der Waals surface area contributed by atoms with Crippen molar-refractivity contribution in [1.29, 1.82) is 0 Å². The summed E-state index contributed by atoms with van der Waals surface area (Å²) in [4.78, 5) is 29.2. The van der Waals surface area contributed by atoms with Gasteiger partial charge in [0.05, 0.1) is 0 Å². The minimum absolute atomic E-state index is 0.264. The Balaban J connectivity index is 2.27. The second-order valence-corrected chi connectivity index (χ2v) is 5.85. The number of carboxylic acid groups (broad SMARTS) is 1. The van der Waals surface area contributed by atoms with E-state index in [2.05, 4.69) is 4.98 Å². The molecule has 116 valence electrons. The largest absolute Gasteiger partial charge is 0.480 e. The zero-order valence-electron chi connectivity index (χ0n) is 12.6. The van der Waals surface area contributed by atoms with E-state index in [1.807, 2.05) is 25.3 Å². The first kappa shape index (κ1) is 16.2. The van der Waals surface area contributed by atoms with Crippen LogP contribution in [0.3, 0.4) is 0 Å². The fourth-order valence-corrected chi connectivity index (χ4v) is 2.93. The molecule has 0 radical (unpaired) electrons. The lowest BCUT2D eigenvalue weighted by Gasteiger charge is -2.20. The third-order valence-corrected chi connectivity index (χ3v) is 4.09. The first-order chi connectivity index (χ1) is 10.5. The highest BCUT2D eigenvalue weighted by atomic mass is 32.1. The molecular formula is C16H18N2O3S. The molecule has 1 aromatic carbocycles. The second kappa shape index (κ2) is 7.17. The molecule has 0 aliphatic carbocycles. The Hall–Kier alpha value is -2.21. The Morgan fingerprint density at radius 2 is 2.14 bits per heavy atom. The number of benzene rings is 1. The van der Waals surface area contributed by atoms with Gasteiger partial charge in [-0.2, -0.15) is 0 Å². The summed E-state index contributed by atoms with van der Waals surface area (Å²) in [6.45, 7) is 3.97. The molecule has 5 nitrogen and oxygen atoms in total. The van der Waals surface area contributed by atoms with Crippen molar-refractivity contribution in [3.8, 4) is 10.6 Å². The molecule has 22 heavy (non-hydrogen) atoms. The average Bonchev–Trinajstić information content (AvgIpc) is 2.92. The number of carbonyl (C=O) groups excluding carboxylic acids is 1. The molecule has 0 spiro atoms. The maximum atomic E-state index is 12.5. The lowest BCUT2D eigenvalue weighted by atomic mass is 10.1. The monoisotopic (exact) mass is 318 g/mol. The number of rotatable bonds is 6. The van der Waals surface area contributed by atoms with E-state index >= 15 is 0 Å². The number of aromatic nitrogens is 1. The van der Waals surface area contributed by atoms with Crippen molar-refractivity contribution in [3.05, 3.63) is 40.9 Å². The number of aryl methyl sites for hydroxylation is 1. The van der Waals surface area contributed by atoms with Gasteiger partial charge >= 0.3 is 5.97 Å². The average molecular weight is 318 g/mol. The van der Waals surface area contributed by atoms with Crippen LogP contribution in [0.25, 0.3) is 10.6 Å². The predicted octanol–water partition coefficient (Wildman–Crippen LogP) is 3.06. The summed E-state index contributed by atoms with van der Waals surface area (Å²) in [5.41, 5.74) is 2.30. The van der Waals surface area contributed by atoms with Crippen LogP contribution in [-0.4, -0.2) is 40.0 Å². The summed E-state index contributed by atoms with van der Waals surface area (Å²) in [6.07, 6.45) is 0.713. The number of carbonyl (C=O) groups is 2. The molecular weight excluding hydrogens is 300 g/mol. The molecule has 0 saturated carbocycles. The van der Waals surface area contributed by atoms with Crippen molar-refractivity contribution < 1.29 is 14.7 Å². The zero-order valence-corrected chi connectivity index (χ0v) is 13.4. The maximum absolute atomic E-state index is 12.5. The molecule has 1 aromatic heterocycles. The van der Waals surface area contributed by atoms with Crippen LogP contribution >= 0.6 is 11.3 Å². The normalized spacial score (nSPS) is 10.5. The minimum atomic E-state index is -1.01. The molecule has 0 unspecified atom stereocenters. The molecule has 1 N–H and O–H groups in total. The van der Waals surface area contributed by atoms with Gasteiger partial charge in [0.15, 0.2) is 0 Å². The molecule has 1 heterocycles. The summed E-state index contributed by atoms with van der Waals surface area (Å²) >= 11 is 1.52. The third-order valence-electron chi connectivity index (χ3n) is 3.08. The minimum Gasteiger partial charge on any atom is -0.480 e. The Kier molecular flexibility index (Phi) is 5.27. The molecule has 0 fully saturated rings. The first-order valence-electron chi connectivity index (χ1n) is 7.05. The van der Waals surface area contributed by atoms with Gasteiger partial charge in [-0.1, -0.05) is 19.1 Å². The van der Waals surface area contributed by atoms with Crippen LogP contribution in [0.1, 0.15) is 29.4 Å². The van der Waals surface area contributed by atoms with Crippen LogP contribution in [-0.2, 0) is 4.79 Å². The van der Waals surface area contributed by atoms with Crippen molar-refractivity contribution in [2.75, 3.05) is 13.1 Å². The standard InChI is InChI=1S/C16H18N2O3S/c1-3-7-18(9-14(19)20)16(21)13-6-4-5-12(8-13)15-17-11(2)10-22-15/h4-6,8,10H,3,7,9H2,1-2H3,(H,19,20). The number of aliphatic carboxylic acids is 1. The lowest BCUT2D eigenvalue weighted by molar-refractivity contribution is -0.137. The number of amides is 1. The molecule has 0 aliphatic heterocycles. The first-order valence-corrected chi connectivity index (χ1v) is 7.93. The Bertz CT molecular complexity index is 682. The van der Waals surface area contributed by atoms with Crippen molar-refractivity contribution in [2.24, 2.45) is 0 Å². The molecule has 0 bridgehead atoms. The van der Waals surface area contributed by atoms with Gasteiger partial charge in [-0.05, 0) is 25.5 Å². The third kappa shape index (κ3) is 3.92. The van der Waals surface area contributed by atoms with E-state index in [-0.39, 0.29) is 12.5 Å². The van der Waals surface area contributed by atoms with E-state index in [0.717, 1.165) is 16.3 Å². The number of hydrogen-bond donors (Lipinski definition) is 1. The van der Waals surface area contributed by atoms with Crippen LogP contribution in [0.4, 0.5) is 0 Å². The highest BCUT2D eigenvalue weighted by Gasteiger charge is 2.18. The Morgan fingerprint density at radius 1 is 1.36 bits per heavy atom. The van der Waals surface area contributed by atoms with Crippen LogP contribution in [0.15, 0.2) is 29.6 Å². The quantitative estimate of drug-likeness (QED) is 0.888. The van der Waals surface area contributed by atoms with Crippen molar-refractivity contribution in [2.45, 2.75) is 20.3 Å². The van der Waals surface area contributed by atoms with E-state index < -0.39 is 5.97 Å². The SMILES string of the molecule is CCCN(CC(=O)O)C(=O)c1cccc(-c2nc(C)cs2)c1. The summed E-state index contributed by atoms with van der Waals surface area (Å²) in [5.74, 6) is -1.27. The molecule has 1 amide bonds. The van der Waals surface area contributed by atoms with Crippen LogP contribution in [0.2, 0.25) is 0 Å². The highest BCUT2D eigenvalue weighted by Crippen LogP contribution is 2.24.